The SMILES string of the molecule is CCOCCNCCN1CC2CCC(C1)O2. The Labute approximate surface area is 98.3 Å². The predicted octanol–water partition coefficient (Wildman–Crippen LogP) is 0.476. The maximum atomic E-state index is 5.80. The van der Waals surface area contributed by atoms with E-state index in [9.17, 15) is 0 Å². The van der Waals surface area contributed by atoms with Gasteiger partial charge in [0.2, 0.25) is 0 Å². The molecule has 2 fully saturated rings. The first-order valence-electron chi connectivity index (χ1n) is 6.54. The van der Waals surface area contributed by atoms with Crippen LogP contribution in [-0.2, 0) is 9.47 Å². The number of likely N-dealkylation sites (tertiary alicyclic amines) is 1. The van der Waals surface area contributed by atoms with Crippen molar-refractivity contribution >= 4 is 0 Å². The molecule has 2 rings (SSSR count). The molecule has 0 aromatic rings. The van der Waals surface area contributed by atoms with Gasteiger partial charge < -0.3 is 14.8 Å². The standard InChI is InChI=1S/C12H24N2O2/c1-2-15-8-6-13-5-7-14-9-11-3-4-12(10-14)16-11/h11-13H,2-10H2,1H3. The number of morpholine rings is 1. The van der Waals surface area contributed by atoms with Crippen LogP contribution in [0.4, 0.5) is 0 Å². The quantitative estimate of drug-likeness (QED) is 0.643. The van der Waals surface area contributed by atoms with Crippen LogP contribution in [0, 0.1) is 0 Å². The van der Waals surface area contributed by atoms with Gasteiger partial charge in [-0.25, -0.2) is 0 Å². The van der Waals surface area contributed by atoms with Crippen LogP contribution in [0.3, 0.4) is 0 Å². The molecule has 2 aliphatic rings. The van der Waals surface area contributed by atoms with Gasteiger partial charge in [-0.1, -0.05) is 0 Å². The zero-order chi connectivity index (χ0) is 11.2. The monoisotopic (exact) mass is 228 g/mol. The van der Waals surface area contributed by atoms with E-state index in [4.69, 9.17) is 9.47 Å². The molecule has 2 aliphatic heterocycles. The Balaban J connectivity index is 1.50. The lowest BCUT2D eigenvalue weighted by atomic mass is 10.2. The van der Waals surface area contributed by atoms with E-state index in [-0.39, 0.29) is 0 Å². The molecule has 4 heteroatoms. The highest BCUT2D eigenvalue weighted by atomic mass is 16.5. The average molecular weight is 228 g/mol. The summed E-state index contributed by atoms with van der Waals surface area (Å²) in [5, 5.41) is 3.41. The van der Waals surface area contributed by atoms with Gasteiger partial charge >= 0.3 is 0 Å². The van der Waals surface area contributed by atoms with Gasteiger partial charge in [-0.3, -0.25) is 4.90 Å². The molecule has 2 heterocycles. The Morgan fingerprint density at radius 3 is 2.69 bits per heavy atom. The maximum absolute atomic E-state index is 5.80. The van der Waals surface area contributed by atoms with E-state index < -0.39 is 0 Å². The summed E-state index contributed by atoms with van der Waals surface area (Å²) in [7, 11) is 0. The third kappa shape index (κ3) is 3.70. The van der Waals surface area contributed by atoms with Crippen LogP contribution in [0.5, 0.6) is 0 Å². The van der Waals surface area contributed by atoms with E-state index in [1.807, 2.05) is 6.92 Å². The lowest BCUT2D eigenvalue weighted by molar-refractivity contribution is -0.0377. The topological polar surface area (TPSA) is 33.7 Å². The molecule has 0 aliphatic carbocycles. The number of fused-ring (bicyclic) bond motifs is 2. The van der Waals surface area contributed by atoms with Crippen LogP contribution in [0.15, 0.2) is 0 Å². The van der Waals surface area contributed by atoms with Crippen molar-refractivity contribution in [1.82, 2.24) is 10.2 Å². The second kappa shape index (κ2) is 6.55. The number of hydrogen-bond donors (Lipinski definition) is 1. The van der Waals surface area contributed by atoms with Crippen molar-refractivity contribution in [2.24, 2.45) is 0 Å². The predicted molar refractivity (Wildman–Crippen MR) is 63.7 cm³/mol. The highest BCUT2D eigenvalue weighted by Gasteiger charge is 2.33. The molecule has 4 nitrogen and oxygen atoms in total. The van der Waals surface area contributed by atoms with Crippen LogP contribution in [0.2, 0.25) is 0 Å². The van der Waals surface area contributed by atoms with E-state index in [1.165, 1.54) is 12.8 Å². The zero-order valence-electron chi connectivity index (χ0n) is 10.3. The molecule has 2 atom stereocenters. The number of hydrogen-bond acceptors (Lipinski definition) is 4. The average Bonchev–Trinajstić information content (AvgIpc) is 2.63. The minimum absolute atomic E-state index is 0.516. The molecular formula is C12H24N2O2. The molecule has 2 saturated heterocycles. The molecule has 16 heavy (non-hydrogen) atoms. The first kappa shape index (κ1) is 12.3. The summed E-state index contributed by atoms with van der Waals surface area (Å²) >= 11 is 0. The Bertz CT molecular complexity index is 189. The lowest BCUT2D eigenvalue weighted by Crippen LogP contribution is -2.45. The van der Waals surface area contributed by atoms with Gasteiger partial charge in [0.15, 0.2) is 0 Å². The fourth-order valence-electron chi connectivity index (χ4n) is 2.53. The highest BCUT2D eigenvalue weighted by Crippen LogP contribution is 2.25. The molecule has 0 aromatic carbocycles. The molecule has 2 unspecified atom stereocenters. The Morgan fingerprint density at radius 2 is 2.00 bits per heavy atom. The van der Waals surface area contributed by atoms with E-state index in [0.717, 1.165) is 45.9 Å². The van der Waals surface area contributed by atoms with Crippen LogP contribution in [0.25, 0.3) is 0 Å². The normalized spacial score (nSPS) is 29.8. The minimum atomic E-state index is 0.516. The van der Waals surface area contributed by atoms with E-state index in [1.54, 1.807) is 0 Å². The van der Waals surface area contributed by atoms with Gasteiger partial charge in [0.25, 0.3) is 0 Å². The van der Waals surface area contributed by atoms with Gasteiger partial charge in [0.05, 0.1) is 18.8 Å². The largest absolute Gasteiger partial charge is 0.380 e. The van der Waals surface area contributed by atoms with Crippen molar-refractivity contribution in [3.05, 3.63) is 0 Å². The maximum Gasteiger partial charge on any atom is 0.0707 e. The molecule has 0 spiro atoms. The highest BCUT2D eigenvalue weighted by molar-refractivity contribution is 4.84. The second-order valence-electron chi connectivity index (χ2n) is 4.66. The number of nitrogens with one attached hydrogen (secondary N) is 1. The van der Waals surface area contributed by atoms with Gasteiger partial charge in [0.1, 0.15) is 0 Å². The summed E-state index contributed by atoms with van der Waals surface area (Å²) in [4.78, 5) is 2.53. The van der Waals surface area contributed by atoms with E-state index in [2.05, 4.69) is 10.2 Å². The van der Waals surface area contributed by atoms with Crippen LogP contribution < -0.4 is 5.32 Å². The molecule has 94 valence electrons. The molecule has 0 saturated carbocycles. The fraction of sp³-hybridized carbons (Fsp3) is 1.00. The number of ether oxygens (including phenoxy) is 2. The van der Waals surface area contributed by atoms with Crippen molar-refractivity contribution in [2.75, 3.05) is 45.9 Å². The van der Waals surface area contributed by atoms with Gasteiger partial charge in [-0.15, -0.1) is 0 Å². The minimum Gasteiger partial charge on any atom is -0.380 e. The summed E-state index contributed by atoms with van der Waals surface area (Å²) in [6, 6.07) is 0. The smallest absolute Gasteiger partial charge is 0.0707 e. The lowest BCUT2D eigenvalue weighted by Gasteiger charge is -2.32. The third-order valence-electron chi connectivity index (χ3n) is 3.35. The van der Waals surface area contributed by atoms with Gasteiger partial charge in [0, 0.05) is 39.3 Å². The summed E-state index contributed by atoms with van der Waals surface area (Å²) in [5.41, 5.74) is 0. The van der Waals surface area contributed by atoms with Crippen LogP contribution >= 0.6 is 0 Å². The zero-order valence-corrected chi connectivity index (χ0v) is 10.3. The van der Waals surface area contributed by atoms with Crippen LogP contribution in [0.1, 0.15) is 19.8 Å². The molecule has 0 aromatic heterocycles. The van der Waals surface area contributed by atoms with Crippen molar-refractivity contribution in [1.29, 1.82) is 0 Å². The molecule has 1 N–H and O–H groups in total. The summed E-state index contributed by atoms with van der Waals surface area (Å²) in [5.74, 6) is 0. The molecular weight excluding hydrogens is 204 g/mol. The molecule has 0 radical (unpaired) electrons. The molecule has 2 bridgehead atoms. The summed E-state index contributed by atoms with van der Waals surface area (Å²) in [6.45, 7) is 9.09. The Morgan fingerprint density at radius 1 is 1.25 bits per heavy atom. The summed E-state index contributed by atoms with van der Waals surface area (Å²) in [6.07, 6.45) is 3.56. The number of nitrogens with zero attached hydrogens (tertiary/aromatic N) is 1. The van der Waals surface area contributed by atoms with E-state index >= 15 is 0 Å². The van der Waals surface area contributed by atoms with Crippen molar-refractivity contribution in [3.8, 4) is 0 Å². The van der Waals surface area contributed by atoms with Crippen molar-refractivity contribution in [2.45, 2.75) is 32.0 Å². The van der Waals surface area contributed by atoms with Gasteiger partial charge in [-0.05, 0) is 19.8 Å². The Kier molecular flexibility index (Phi) is 5.03. The first-order valence-corrected chi connectivity index (χ1v) is 6.54. The van der Waals surface area contributed by atoms with Crippen LogP contribution in [-0.4, -0.2) is 63.0 Å². The van der Waals surface area contributed by atoms with E-state index in [0.29, 0.717) is 12.2 Å². The molecule has 0 amide bonds. The van der Waals surface area contributed by atoms with Crippen molar-refractivity contribution in [3.63, 3.8) is 0 Å². The fourth-order valence-corrected chi connectivity index (χ4v) is 2.53. The van der Waals surface area contributed by atoms with Crippen molar-refractivity contribution < 1.29 is 9.47 Å². The second-order valence-corrected chi connectivity index (χ2v) is 4.66. The Hall–Kier alpha value is -0.160. The van der Waals surface area contributed by atoms with Gasteiger partial charge in [-0.2, -0.15) is 0 Å². The first-order chi connectivity index (χ1) is 7.88. The summed E-state index contributed by atoms with van der Waals surface area (Å²) < 4.78 is 11.1. The number of rotatable bonds is 7. The third-order valence-corrected chi connectivity index (χ3v) is 3.35.